The first-order chi connectivity index (χ1) is 10.1. The molecular weight excluding hydrogens is 288 g/mol. The van der Waals surface area contributed by atoms with E-state index in [-0.39, 0.29) is 5.56 Å². The van der Waals surface area contributed by atoms with Crippen LogP contribution in [0.25, 0.3) is 0 Å². The van der Waals surface area contributed by atoms with Crippen molar-refractivity contribution in [2.75, 3.05) is 36.0 Å². The van der Waals surface area contributed by atoms with Gasteiger partial charge in [-0.1, -0.05) is 0 Å². The first-order valence-electron chi connectivity index (χ1n) is 6.74. The maximum atomic E-state index is 10.9. The van der Waals surface area contributed by atoms with E-state index in [2.05, 4.69) is 19.8 Å². The summed E-state index contributed by atoms with van der Waals surface area (Å²) in [5, 5.41) is 12.0. The van der Waals surface area contributed by atoms with E-state index >= 15 is 0 Å². The predicted molar refractivity (Wildman–Crippen MR) is 82.5 cm³/mol. The number of hydrogen-bond acceptors (Lipinski definition) is 6. The van der Waals surface area contributed by atoms with E-state index in [1.165, 1.54) is 6.20 Å². The molecule has 1 N–H and O–H groups in total. The van der Waals surface area contributed by atoms with E-state index in [1.54, 1.807) is 17.4 Å². The van der Waals surface area contributed by atoms with Crippen LogP contribution >= 0.6 is 11.3 Å². The molecule has 0 aromatic carbocycles. The highest BCUT2D eigenvalue weighted by Crippen LogP contribution is 2.23. The van der Waals surface area contributed by atoms with Crippen molar-refractivity contribution in [2.45, 2.75) is 6.92 Å². The Bertz CT molecular complexity index is 636. The summed E-state index contributed by atoms with van der Waals surface area (Å²) in [5.74, 6) is -0.0653. The van der Waals surface area contributed by atoms with Gasteiger partial charge in [-0.15, -0.1) is 11.3 Å². The summed E-state index contributed by atoms with van der Waals surface area (Å²) in [6.45, 7) is 5.42. The number of hydrogen-bond donors (Lipinski definition) is 1. The van der Waals surface area contributed by atoms with Crippen LogP contribution in [0.4, 0.5) is 10.9 Å². The van der Waals surface area contributed by atoms with Gasteiger partial charge in [0.05, 0.1) is 5.56 Å². The number of pyridine rings is 1. The molecule has 0 bridgehead atoms. The van der Waals surface area contributed by atoms with Crippen LogP contribution in [-0.4, -0.2) is 47.2 Å². The average molecular weight is 304 g/mol. The van der Waals surface area contributed by atoms with Gasteiger partial charge in [-0.05, 0) is 18.6 Å². The molecule has 0 atom stereocenters. The number of piperazine rings is 1. The number of carboxylic acid groups (broad SMARTS) is 1. The number of thiazole rings is 1. The summed E-state index contributed by atoms with van der Waals surface area (Å²) >= 11 is 1.65. The Morgan fingerprint density at radius 1 is 1.24 bits per heavy atom. The zero-order valence-corrected chi connectivity index (χ0v) is 12.5. The summed E-state index contributed by atoms with van der Waals surface area (Å²) in [7, 11) is 0. The quantitative estimate of drug-likeness (QED) is 0.933. The van der Waals surface area contributed by atoms with E-state index in [0.717, 1.165) is 42.7 Å². The lowest BCUT2D eigenvalue weighted by Crippen LogP contribution is -2.47. The topological polar surface area (TPSA) is 69.6 Å². The second-order valence-corrected chi connectivity index (χ2v) is 5.83. The second-order valence-electron chi connectivity index (χ2n) is 4.96. The Hall–Kier alpha value is -2.15. The number of carbonyl (C=O) groups is 1. The van der Waals surface area contributed by atoms with Gasteiger partial charge in [0.1, 0.15) is 5.82 Å². The van der Waals surface area contributed by atoms with Crippen molar-refractivity contribution in [3.8, 4) is 0 Å². The number of aromatic carboxylic acids is 1. The van der Waals surface area contributed by atoms with Gasteiger partial charge >= 0.3 is 5.97 Å². The van der Waals surface area contributed by atoms with Gasteiger partial charge in [-0.2, -0.15) is 0 Å². The molecule has 2 aromatic rings. The molecule has 0 unspecified atom stereocenters. The Labute approximate surface area is 126 Å². The molecule has 3 rings (SSSR count). The smallest absolute Gasteiger partial charge is 0.337 e. The first kappa shape index (κ1) is 13.8. The van der Waals surface area contributed by atoms with Crippen molar-refractivity contribution in [3.05, 3.63) is 35.0 Å². The van der Waals surface area contributed by atoms with Gasteiger partial charge in [0.2, 0.25) is 0 Å². The van der Waals surface area contributed by atoms with Gasteiger partial charge in [0.15, 0.2) is 5.13 Å². The van der Waals surface area contributed by atoms with Crippen LogP contribution in [0.3, 0.4) is 0 Å². The highest BCUT2D eigenvalue weighted by molar-refractivity contribution is 7.13. The minimum absolute atomic E-state index is 0.234. The minimum atomic E-state index is -0.939. The van der Waals surface area contributed by atoms with Gasteiger partial charge in [0, 0.05) is 44.0 Å². The number of rotatable bonds is 3. The van der Waals surface area contributed by atoms with Crippen LogP contribution in [0.5, 0.6) is 0 Å². The summed E-state index contributed by atoms with van der Waals surface area (Å²) in [6, 6.07) is 1.68. The van der Waals surface area contributed by atoms with Crippen molar-refractivity contribution in [3.63, 3.8) is 0 Å². The molecule has 6 nitrogen and oxygen atoms in total. The molecule has 0 radical (unpaired) electrons. The highest BCUT2D eigenvalue weighted by atomic mass is 32.1. The standard InChI is InChI=1S/C14H16N4O2S/c1-10-8-11(13(19)20)9-16-12(10)17-3-5-18(6-4-17)14-15-2-7-21-14/h2,7-9H,3-6H2,1H3,(H,19,20). The molecular formula is C14H16N4O2S. The van der Waals surface area contributed by atoms with E-state index in [4.69, 9.17) is 5.11 Å². The lowest BCUT2D eigenvalue weighted by atomic mass is 10.2. The van der Waals surface area contributed by atoms with Crippen molar-refractivity contribution in [1.82, 2.24) is 9.97 Å². The van der Waals surface area contributed by atoms with Crippen LogP contribution in [0.1, 0.15) is 15.9 Å². The number of aromatic nitrogens is 2. The molecule has 21 heavy (non-hydrogen) atoms. The largest absolute Gasteiger partial charge is 0.478 e. The predicted octanol–water partition coefficient (Wildman–Crippen LogP) is 1.87. The van der Waals surface area contributed by atoms with Crippen LogP contribution in [0.15, 0.2) is 23.8 Å². The van der Waals surface area contributed by atoms with E-state index < -0.39 is 5.97 Å². The van der Waals surface area contributed by atoms with Crippen molar-refractivity contribution < 1.29 is 9.90 Å². The number of aryl methyl sites for hydroxylation is 1. The maximum absolute atomic E-state index is 10.9. The molecule has 0 spiro atoms. The highest BCUT2D eigenvalue weighted by Gasteiger charge is 2.21. The van der Waals surface area contributed by atoms with Crippen molar-refractivity contribution in [2.24, 2.45) is 0 Å². The Kier molecular flexibility index (Phi) is 3.74. The second kappa shape index (κ2) is 5.69. The number of anilines is 2. The molecule has 110 valence electrons. The van der Waals surface area contributed by atoms with E-state index in [9.17, 15) is 4.79 Å². The molecule has 1 saturated heterocycles. The molecule has 7 heteroatoms. The van der Waals surface area contributed by atoms with Crippen LogP contribution < -0.4 is 9.80 Å². The third-order valence-electron chi connectivity index (χ3n) is 3.57. The molecule has 2 aromatic heterocycles. The van der Waals surface area contributed by atoms with Gasteiger partial charge in [-0.3, -0.25) is 0 Å². The van der Waals surface area contributed by atoms with E-state index in [1.807, 2.05) is 18.5 Å². The zero-order chi connectivity index (χ0) is 14.8. The molecule has 0 amide bonds. The fourth-order valence-electron chi connectivity index (χ4n) is 2.50. The number of nitrogens with zero attached hydrogens (tertiary/aromatic N) is 4. The molecule has 3 heterocycles. The Morgan fingerprint density at radius 3 is 2.52 bits per heavy atom. The van der Waals surface area contributed by atoms with Crippen LogP contribution in [0, 0.1) is 6.92 Å². The lowest BCUT2D eigenvalue weighted by molar-refractivity contribution is 0.0696. The summed E-state index contributed by atoms with van der Waals surface area (Å²) in [5.41, 5.74) is 1.13. The first-order valence-corrected chi connectivity index (χ1v) is 7.62. The summed E-state index contributed by atoms with van der Waals surface area (Å²) in [6.07, 6.45) is 3.25. The monoisotopic (exact) mass is 304 g/mol. The van der Waals surface area contributed by atoms with E-state index in [0.29, 0.717) is 0 Å². The van der Waals surface area contributed by atoms with Crippen LogP contribution in [-0.2, 0) is 0 Å². The van der Waals surface area contributed by atoms with Gasteiger partial charge in [-0.25, -0.2) is 14.8 Å². The zero-order valence-electron chi connectivity index (χ0n) is 11.7. The third-order valence-corrected chi connectivity index (χ3v) is 4.40. The normalized spacial score (nSPS) is 15.3. The minimum Gasteiger partial charge on any atom is -0.478 e. The molecule has 0 aliphatic carbocycles. The Morgan fingerprint density at radius 2 is 1.95 bits per heavy atom. The maximum Gasteiger partial charge on any atom is 0.337 e. The van der Waals surface area contributed by atoms with Gasteiger partial charge < -0.3 is 14.9 Å². The summed E-state index contributed by atoms with van der Waals surface area (Å²) < 4.78 is 0. The molecule has 1 aliphatic heterocycles. The fraction of sp³-hybridized carbons (Fsp3) is 0.357. The van der Waals surface area contributed by atoms with Crippen LogP contribution in [0.2, 0.25) is 0 Å². The fourth-order valence-corrected chi connectivity index (χ4v) is 3.19. The summed E-state index contributed by atoms with van der Waals surface area (Å²) in [4.78, 5) is 24.1. The Balaban J connectivity index is 1.71. The molecule has 1 fully saturated rings. The van der Waals surface area contributed by atoms with Crippen molar-refractivity contribution in [1.29, 1.82) is 0 Å². The SMILES string of the molecule is Cc1cc(C(=O)O)cnc1N1CCN(c2nccs2)CC1. The molecule has 0 saturated carbocycles. The third kappa shape index (κ3) is 2.82. The average Bonchev–Trinajstić information content (AvgIpc) is 3.01. The number of carboxylic acids is 1. The lowest BCUT2D eigenvalue weighted by Gasteiger charge is -2.35. The van der Waals surface area contributed by atoms with Gasteiger partial charge in [0.25, 0.3) is 0 Å². The molecule has 1 aliphatic rings. The van der Waals surface area contributed by atoms with Crippen molar-refractivity contribution >= 4 is 28.3 Å².